The maximum Gasteiger partial charge on any atom is 0.217 e. The van der Waals surface area contributed by atoms with Crippen molar-refractivity contribution < 1.29 is 4.79 Å². The molecule has 0 spiro atoms. The average molecular weight is 203 g/mol. The summed E-state index contributed by atoms with van der Waals surface area (Å²) in [4.78, 5) is 10.6. The number of carbonyl (C=O) groups excluding carboxylic acids is 1. The van der Waals surface area contributed by atoms with Gasteiger partial charge < -0.3 is 5.32 Å². The van der Waals surface area contributed by atoms with E-state index in [0.29, 0.717) is 6.54 Å². The zero-order valence-corrected chi connectivity index (χ0v) is 9.50. The van der Waals surface area contributed by atoms with Gasteiger partial charge in [-0.25, -0.2) is 0 Å². The highest BCUT2D eigenvalue weighted by Crippen LogP contribution is 2.13. The Labute approximate surface area is 91.0 Å². The van der Waals surface area contributed by atoms with E-state index in [1.165, 1.54) is 23.6 Å². The topological polar surface area (TPSA) is 29.1 Å². The smallest absolute Gasteiger partial charge is 0.217 e. The molecule has 0 radical (unpaired) electrons. The molecule has 0 saturated heterocycles. The second-order valence-electron chi connectivity index (χ2n) is 3.63. The van der Waals surface area contributed by atoms with E-state index in [-0.39, 0.29) is 5.91 Å². The minimum absolute atomic E-state index is 0.000569. The summed E-state index contributed by atoms with van der Waals surface area (Å²) in [5, 5.41) is 2.72. The van der Waals surface area contributed by atoms with Crippen molar-refractivity contribution in [2.75, 3.05) is 6.54 Å². The van der Waals surface area contributed by atoms with Crippen LogP contribution in [0, 0.1) is 13.8 Å². The molecule has 0 unspecified atom stereocenters. The largest absolute Gasteiger partial charge is 0.353 e. The average Bonchev–Trinajstić information content (AvgIpc) is 2.18. The Morgan fingerprint density at radius 3 is 2.80 bits per heavy atom. The Kier molecular flexibility index (Phi) is 4.10. The molecule has 80 valence electrons. The van der Waals surface area contributed by atoms with Crippen molar-refractivity contribution in [3.8, 4) is 0 Å². The summed E-state index contributed by atoms with van der Waals surface area (Å²) in [6.45, 7) is 6.31. The summed E-state index contributed by atoms with van der Waals surface area (Å²) in [7, 11) is 0. The van der Waals surface area contributed by atoms with Gasteiger partial charge in [0, 0.05) is 13.5 Å². The minimum atomic E-state index is 0.000569. The summed E-state index contributed by atoms with van der Waals surface area (Å²) in [5.74, 6) is 0.000569. The number of aryl methyl sites for hydroxylation is 1. The summed E-state index contributed by atoms with van der Waals surface area (Å²) < 4.78 is 0. The van der Waals surface area contributed by atoms with E-state index in [9.17, 15) is 4.79 Å². The van der Waals surface area contributed by atoms with Crippen molar-refractivity contribution in [3.63, 3.8) is 0 Å². The molecular formula is C13H17NO. The highest BCUT2D eigenvalue weighted by molar-refractivity contribution is 5.73. The van der Waals surface area contributed by atoms with Gasteiger partial charge in [0.1, 0.15) is 0 Å². The van der Waals surface area contributed by atoms with Crippen LogP contribution in [0.3, 0.4) is 0 Å². The SMILES string of the molecule is CC(=O)NCC=Cc1cccc(C)c1C. The van der Waals surface area contributed by atoms with Gasteiger partial charge in [0.2, 0.25) is 5.91 Å². The molecule has 15 heavy (non-hydrogen) atoms. The van der Waals surface area contributed by atoms with Gasteiger partial charge in [-0.3, -0.25) is 4.79 Å². The zero-order valence-electron chi connectivity index (χ0n) is 9.50. The molecule has 1 N–H and O–H groups in total. The molecule has 0 heterocycles. The number of rotatable bonds is 3. The quantitative estimate of drug-likeness (QED) is 0.803. The molecular weight excluding hydrogens is 186 g/mol. The Bertz CT molecular complexity index is 380. The number of nitrogens with one attached hydrogen (secondary N) is 1. The van der Waals surface area contributed by atoms with E-state index in [1.54, 1.807) is 0 Å². The third-order valence-corrected chi connectivity index (χ3v) is 2.41. The maximum absolute atomic E-state index is 10.6. The van der Waals surface area contributed by atoms with Gasteiger partial charge in [0.05, 0.1) is 0 Å². The molecule has 1 aromatic carbocycles. The number of hydrogen-bond donors (Lipinski definition) is 1. The van der Waals surface area contributed by atoms with E-state index in [4.69, 9.17) is 0 Å². The van der Waals surface area contributed by atoms with Crippen molar-refractivity contribution in [1.29, 1.82) is 0 Å². The maximum atomic E-state index is 10.6. The van der Waals surface area contributed by atoms with Gasteiger partial charge >= 0.3 is 0 Å². The molecule has 0 bridgehead atoms. The van der Waals surface area contributed by atoms with Gasteiger partial charge in [-0.2, -0.15) is 0 Å². The monoisotopic (exact) mass is 203 g/mol. The Balaban J connectivity index is 2.64. The van der Waals surface area contributed by atoms with E-state index in [2.05, 4.69) is 31.3 Å². The lowest BCUT2D eigenvalue weighted by Crippen LogP contribution is -2.19. The van der Waals surface area contributed by atoms with Gasteiger partial charge in [0.15, 0.2) is 0 Å². The van der Waals surface area contributed by atoms with Crippen LogP contribution < -0.4 is 5.32 Å². The molecule has 0 saturated carbocycles. The van der Waals surface area contributed by atoms with Crippen LogP contribution in [0.2, 0.25) is 0 Å². The number of amides is 1. The van der Waals surface area contributed by atoms with Crippen molar-refractivity contribution in [2.45, 2.75) is 20.8 Å². The third-order valence-electron chi connectivity index (χ3n) is 2.41. The highest BCUT2D eigenvalue weighted by Gasteiger charge is 1.95. The van der Waals surface area contributed by atoms with Crippen LogP contribution in [0.1, 0.15) is 23.6 Å². The predicted molar refractivity (Wildman–Crippen MR) is 63.6 cm³/mol. The lowest BCUT2D eigenvalue weighted by atomic mass is 10.0. The van der Waals surface area contributed by atoms with Crippen molar-refractivity contribution in [1.82, 2.24) is 5.32 Å². The number of hydrogen-bond acceptors (Lipinski definition) is 1. The lowest BCUT2D eigenvalue weighted by molar-refractivity contribution is -0.118. The van der Waals surface area contributed by atoms with Crippen LogP contribution in [0.15, 0.2) is 24.3 Å². The molecule has 0 aliphatic carbocycles. The fourth-order valence-electron chi connectivity index (χ4n) is 1.34. The molecule has 1 rings (SSSR count). The number of carbonyl (C=O) groups is 1. The Morgan fingerprint density at radius 1 is 1.40 bits per heavy atom. The highest BCUT2D eigenvalue weighted by atomic mass is 16.1. The van der Waals surface area contributed by atoms with E-state index >= 15 is 0 Å². The molecule has 2 heteroatoms. The van der Waals surface area contributed by atoms with Crippen molar-refractivity contribution in [2.24, 2.45) is 0 Å². The first kappa shape index (κ1) is 11.5. The predicted octanol–water partition coefficient (Wildman–Crippen LogP) is 2.45. The van der Waals surface area contributed by atoms with Crippen LogP contribution in [-0.4, -0.2) is 12.5 Å². The standard InChI is InChI=1S/C13H17NO/c1-10-6-4-7-13(11(10)2)8-5-9-14-12(3)15/h4-8H,9H2,1-3H3,(H,14,15). The molecule has 1 aromatic rings. The molecule has 2 nitrogen and oxygen atoms in total. The molecule has 0 aromatic heterocycles. The van der Waals surface area contributed by atoms with E-state index in [1.807, 2.05) is 18.2 Å². The minimum Gasteiger partial charge on any atom is -0.353 e. The first-order chi connectivity index (χ1) is 7.11. The zero-order chi connectivity index (χ0) is 11.3. The fourth-order valence-corrected chi connectivity index (χ4v) is 1.34. The van der Waals surface area contributed by atoms with Gasteiger partial charge in [-0.05, 0) is 30.5 Å². The van der Waals surface area contributed by atoms with Crippen LogP contribution in [-0.2, 0) is 4.79 Å². The molecule has 0 fully saturated rings. The second kappa shape index (κ2) is 5.35. The molecule has 0 aliphatic heterocycles. The summed E-state index contributed by atoms with van der Waals surface area (Å²) in [6.07, 6.45) is 4.00. The van der Waals surface area contributed by atoms with Gasteiger partial charge in [-0.1, -0.05) is 30.4 Å². The first-order valence-corrected chi connectivity index (χ1v) is 5.08. The van der Waals surface area contributed by atoms with Crippen molar-refractivity contribution in [3.05, 3.63) is 41.0 Å². The Hall–Kier alpha value is -1.57. The second-order valence-corrected chi connectivity index (χ2v) is 3.63. The normalized spacial score (nSPS) is 10.6. The molecule has 0 atom stereocenters. The van der Waals surface area contributed by atoms with Crippen LogP contribution in [0.5, 0.6) is 0 Å². The molecule has 0 aliphatic rings. The van der Waals surface area contributed by atoms with Crippen LogP contribution in [0.25, 0.3) is 6.08 Å². The van der Waals surface area contributed by atoms with E-state index in [0.717, 1.165) is 0 Å². The lowest BCUT2D eigenvalue weighted by Gasteiger charge is -2.03. The third kappa shape index (κ3) is 3.58. The van der Waals surface area contributed by atoms with E-state index < -0.39 is 0 Å². The van der Waals surface area contributed by atoms with Gasteiger partial charge in [-0.15, -0.1) is 0 Å². The Morgan fingerprint density at radius 2 is 2.13 bits per heavy atom. The van der Waals surface area contributed by atoms with Crippen molar-refractivity contribution >= 4 is 12.0 Å². The van der Waals surface area contributed by atoms with Crippen LogP contribution in [0.4, 0.5) is 0 Å². The molecule has 1 amide bonds. The van der Waals surface area contributed by atoms with Crippen LogP contribution >= 0.6 is 0 Å². The number of benzene rings is 1. The summed E-state index contributed by atoms with van der Waals surface area (Å²) in [5.41, 5.74) is 3.79. The summed E-state index contributed by atoms with van der Waals surface area (Å²) >= 11 is 0. The first-order valence-electron chi connectivity index (χ1n) is 5.08. The fraction of sp³-hybridized carbons (Fsp3) is 0.308. The van der Waals surface area contributed by atoms with Gasteiger partial charge in [0.25, 0.3) is 0 Å². The summed E-state index contributed by atoms with van der Waals surface area (Å²) in [6, 6.07) is 6.22.